The van der Waals surface area contributed by atoms with E-state index in [0.717, 1.165) is 54.4 Å². The second-order valence-electron chi connectivity index (χ2n) is 7.95. The summed E-state index contributed by atoms with van der Waals surface area (Å²) in [5, 5.41) is 17.3. The molecule has 0 bridgehead atoms. The number of para-hydroxylation sites is 1. The zero-order chi connectivity index (χ0) is 24.0. The highest BCUT2D eigenvalue weighted by atomic mass is 16.6. The molecule has 1 fully saturated rings. The van der Waals surface area contributed by atoms with Gasteiger partial charge in [-0.15, -0.1) is 0 Å². The monoisotopic (exact) mass is 470 g/mol. The molecule has 11 nitrogen and oxygen atoms in total. The van der Waals surface area contributed by atoms with Gasteiger partial charge in [0.1, 0.15) is 17.8 Å². The number of anilines is 2. The largest absolute Gasteiger partial charge is 0.369 e. The van der Waals surface area contributed by atoms with Crippen molar-refractivity contribution in [1.82, 2.24) is 30.2 Å². The van der Waals surface area contributed by atoms with E-state index in [4.69, 9.17) is 4.98 Å². The maximum atomic E-state index is 10.8. The van der Waals surface area contributed by atoms with Gasteiger partial charge in [-0.3, -0.25) is 10.1 Å². The van der Waals surface area contributed by atoms with Crippen molar-refractivity contribution in [3.05, 3.63) is 83.7 Å². The zero-order valence-corrected chi connectivity index (χ0v) is 18.9. The van der Waals surface area contributed by atoms with Gasteiger partial charge in [-0.05, 0) is 12.1 Å². The summed E-state index contributed by atoms with van der Waals surface area (Å²) in [4.78, 5) is 33.6. The molecular weight excluding hydrogens is 446 g/mol. The highest BCUT2D eigenvalue weighted by Gasteiger charge is 2.20. The van der Waals surface area contributed by atoms with Crippen molar-refractivity contribution in [3.63, 3.8) is 0 Å². The van der Waals surface area contributed by atoms with E-state index in [2.05, 4.69) is 47.6 Å². The minimum atomic E-state index is -0.474. The van der Waals surface area contributed by atoms with E-state index < -0.39 is 4.92 Å². The molecule has 0 saturated carbocycles. The number of nitrogens with one attached hydrogen (secondary N) is 3. The number of hydrogen-bond acceptors (Lipinski definition) is 9. The van der Waals surface area contributed by atoms with Gasteiger partial charge in [0.15, 0.2) is 0 Å². The lowest BCUT2D eigenvalue weighted by molar-refractivity contribution is -0.385. The fourth-order valence-electron chi connectivity index (χ4n) is 4.00. The van der Waals surface area contributed by atoms with E-state index in [-0.39, 0.29) is 5.69 Å². The number of piperazine rings is 1. The number of rotatable bonds is 8. The van der Waals surface area contributed by atoms with Crippen molar-refractivity contribution in [3.8, 4) is 22.5 Å². The highest BCUT2D eigenvalue weighted by molar-refractivity contribution is 5.86. The predicted octanol–water partition coefficient (Wildman–Crippen LogP) is 2.91. The Morgan fingerprint density at radius 3 is 2.66 bits per heavy atom. The summed E-state index contributed by atoms with van der Waals surface area (Å²) in [6.45, 7) is 4.13. The molecule has 0 amide bonds. The minimum Gasteiger partial charge on any atom is -0.369 e. The van der Waals surface area contributed by atoms with Crippen LogP contribution in [0.4, 0.5) is 17.2 Å². The smallest absolute Gasteiger partial charge is 0.287 e. The Hall–Kier alpha value is -4.38. The molecule has 3 aromatic heterocycles. The van der Waals surface area contributed by atoms with Gasteiger partial charge in [0.05, 0.1) is 28.8 Å². The number of H-pyrrole nitrogens is 1. The molecule has 1 saturated heterocycles. The van der Waals surface area contributed by atoms with Crippen LogP contribution < -0.4 is 15.5 Å². The Morgan fingerprint density at radius 1 is 1.06 bits per heavy atom. The first-order valence-corrected chi connectivity index (χ1v) is 11.3. The van der Waals surface area contributed by atoms with Gasteiger partial charge in [0.25, 0.3) is 5.69 Å². The molecule has 1 radical (unpaired) electrons. The van der Waals surface area contributed by atoms with Gasteiger partial charge in [0.2, 0.25) is 0 Å². The van der Waals surface area contributed by atoms with Crippen molar-refractivity contribution >= 4 is 17.2 Å². The number of nitro groups is 1. The third kappa shape index (κ3) is 5.09. The lowest BCUT2D eigenvalue weighted by atomic mass is 10.0. The Morgan fingerprint density at radius 2 is 1.91 bits per heavy atom. The van der Waals surface area contributed by atoms with Crippen molar-refractivity contribution in [2.24, 2.45) is 0 Å². The SMILES string of the molecule is O=[N+]([O-])c1ccc(NC[CH]c2ncc(-c3cnc[nH]3)c(-c3ccccc3N3CCNCC3)n2)nc1. The van der Waals surface area contributed by atoms with Gasteiger partial charge in [-0.1, -0.05) is 18.2 Å². The van der Waals surface area contributed by atoms with E-state index in [9.17, 15) is 10.1 Å². The maximum Gasteiger partial charge on any atom is 0.287 e. The molecule has 5 rings (SSSR count). The number of imidazole rings is 1. The number of pyridine rings is 1. The lowest BCUT2D eigenvalue weighted by Crippen LogP contribution is -2.43. The number of benzene rings is 1. The topological polar surface area (TPSA) is 138 Å². The Bertz CT molecular complexity index is 1290. The van der Waals surface area contributed by atoms with Crippen molar-refractivity contribution in [1.29, 1.82) is 0 Å². The lowest BCUT2D eigenvalue weighted by Gasteiger charge is -2.31. The summed E-state index contributed by atoms with van der Waals surface area (Å²) in [5.74, 6) is 1.10. The number of nitrogens with zero attached hydrogens (tertiary/aromatic N) is 6. The van der Waals surface area contributed by atoms with E-state index >= 15 is 0 Å². The first-order chi connectivity index (χ1) is 17.2. The zero-order valence-electron chi connectivity index (χ0n) is 18.9. The molecule has 11 heteroatoms. The Kier molecular flexibility index (Phi) is 6.57. The van der Waals surface area contributed by atoms with E-state index in [0.29, 0.717) is 18.2 Å². The normalized spacial score (nSPS) is 13.5. The molecule has 35 heavy (non-hydrogen) atoms. The molecule has 0 spiro atoms. The van der Waals surface area contributed by atoms with Crippen LogP contribution in [0.15, 0.2) is 61.3 Å². The van der Waals surface area contributed by atoms with Crippen LogP contribution in [0, 0.1) is 16.5 Å². The summed E-state index contributed by atoms with van der Waals surface area (Å²) in [7, 11) is 0. The van der Waals surface area contributed by atoms with E-state index in [1.165, 1.54) is 12.3 Å². The van der Waals surface area contributed by atoms with Crippen LogP contribution in [0.1, 0.15) is 5.82 Å². The molecule has 0 atom stereocenters. The average Bonchev–Trinajstić information content (AvgIpc) is 3.44. The van der Waals surface area contributed by atoms with Gasteiger partial charge in [-0.25, -0.2) is 19.9 Å². The Balaban J connectivity index is 1.41. The first-order valence-electron chi connectivity index (χ1n) is 11.3. The van der Waals surface area contributed by atoms with Gasteiger partial charge >= 0.3 is 0 Å². The molecule has 177 valence electrons. The molecule has 1 aliphatic rings. The van der Waals surface area contributed by atoms with Crippen LogP contribution in [0.25, 0.3) is 22.5 Å². The summed E-state index contributed by atoms with van der Waals surface area (Å²) in [5.41, 5.74) is 4.64. The van der Waals surface area contributed by atoms with Crippen LogP contribution in [-0.2, 0) is 0 Å². The minimum absolute atomic E-state index is 0.0509. The first kappa shape index (κ1) is 22.4. The molecule has 0 aliphatic carbocycles. The molecule has 1 aliphatic heterocycles. The van der Waals surface area contributed by atoms with Crippen molar-refractivity contribution in [2.75, 3.05) is 42.9 Å². The summed E-state index contributed by atoms with van der Waals surface area (Å²) in [6.07, 6.45) is 8.30. The molecule has 3 N–H and O–H groups in total. The summed E-state index contributed by atoms with van der Waals surface area (Å²) < 4.78 is 0. The Labute approximate surface area is 201 Å². The van der Waals surface area contributed by atoms with Gasteiger partial charge in [0, 0.05) is 68.2 Å². The fraction of sp³-hybridized carbons (Fsp3) is 0.208. The van der Waals surface area contributed by atoms with E-state index in [1.54, 1.807) is 24.8 Å². The van der Waals surface area contributed by atoms with Crippen LogP contribution >= 0.6 is 0 Å². The van der Waals surface area contributed by atoms with Crippen molar-refractivity contribution in [2.45, 2.75) is 0 Å². The maximum absolute atomic E-state index is 10.8. The molecule has 1 aromatic carbocycles. The second-order valence-corrected chi connectivity index (χ2v) is 7.95. The third-order valence-corrected chi connectivity index (χ3v) is 5.74. The van der Waals surface area contributed by atoms with Crippen LogP contribution in [0.2, 0.25) is 0 Å². The molecule has 0 unspecified atom stereocenters. The van der Waals surface area contributed by atoms with Crippen molar-refractivity contribution < 1.29 is 4.92 Å². The summed E-state index contributed by atoms with van der Waals surface area (Å²) >= 11 is 0. The van der Waals surface area contributed by atoms with Gasteiger partial charge in [-0.2, -0.15) is 0 Å². The quantitative estimate of drug-likeness (QED) is 0.262. The van der Waals surface area contributed by atoms with Crippen LogP contribution in [0.3, 0.4) is 0 Å². The van der Waals surface area contributed by atoms with E-state index in [1.807, 2.05) is 18.6 Å². The molecular formula is C24H24N9O2. The third-order valence-electron chi connectivity index (χ3n) is 5.74. The fourth-order valence-corrected chi connectivity index (χ4v) is 4.00. The van der Waals surface area contributed by atoms with Crippen LogP contribution in [0.5, 0.6) is 0 Å². The number of aromatic nitrogens is 5. The molecule has 4 aromatic rings. The molecule has 4 heterocycles. The average molecular weight is 471 g/mol. The number of hydrogen-bond donors (Lipinski definition) is 3. The predicted molar refractivity (Wildman–Crippen MR) is 133 cm³/mol. The van der Waals surface area contributed by atoms with Gasteiger partial charge < -0.3 is 20.5 Å². The number of aromatic amines is 1. The van der Waals surface area contributed by atoms with Crippen LogP contribution in [-0.4, -0.2) is 62.6 Å². The second kappa shape index (κ2) is 10.3. The summed E-state index contributed by atoms with van der Waals surface area (Å²) in [6, 6.07) is 11.3. The standard InChI is InChI=1S/C24H24N9O2/c34-33(35)17-5-6-22(28-13-17)27-8-7-23-29-14-19(20-15-26-16-30-20)24(31-23)18-3-1-2-4-21(18)32-11-9-25-10-12-32/h1-7,13-16,25H,8-12H2,(H,26,30)(H,27,28). The highest BCUT2D eigenvalue weighted by Crippen LogP contribution is 2.35.